The van der Waals surface area contributed by atoms with E-state index in [0.29, 0.717) is 21.8 Å². The van der Waals surface area contributed by atoms with Crippen molar-refractivity contribution in [2.75, 3.05) is 12.4 Å². The van der Waals surface area contributed by atoms with Crippen LogP contribution in [0.25, 0.3) is 0 Å². The fraction of sp³-hybridized carbons (Fsp3) is 0.250. The first-order valence-corrected chi connectivity index (χ1v) is 6.64. The second-order valence-corrected chi connectivity index (χ2v) is 4.99. The minimum absolute atomic E-state index is 0.0834. The van der Waals surface area contributed by atoms with E-state index in [1.807, 2.05) is 0 Å². The highest BCUT2D eigenvalue weighted by molar-refractivity contribution is 7.08. The van der Waals surface area contributed by atoms with Gasteiger partial charge in [0, 0.05) is 17.8 Å². The summed E-state index contributed by atoms with van der Waals surface area (Å²) in [4.78, 5) is 22.9. The molecule has 0 saturated heterocycles. The number of anilines is 1. The highest BCUT2D eigenvalue weighted by Gasteiger charge is 2.20. The fourth-order valence-corrected chi connectivity index (χ4v) is 2.28. The predicted molar refractivity (Wildman–Crippen MR) is 77.0 cm³/mol. The number of benzene rings is 1. The second-order valence-electron chi connectivity index (χ2n) is 4.24. The third kappa shape index (κ3) is 2.97. The molecule has 110 valence electrons. The maximum atomic E-state index is 12.1. The summed E-state index contributed by atoms with van der Waals surface area (Å²) in [5, 5.41) is 17.4. The van der Waals surface area contributed by atoms with Crippen LogP contribution in [0.1, 0.15) is 20.9 Å². The van der Waals surface area contributed by atoms with Crippen LogP contribution >= 0.6 is 11.5 Å². The Hall–Kier alpha value is -2.55. The first kappa shape index (κ1) is 14.9. The fourth-order valence-electron chi connectivity index (χ4n) is 1.73. The average Bonchev–Trinajstić information content (AvgIpc) is 2.86. The lowest BCUT2D eigenvalue weighted by Gasteiger charge is -2.10. The molecule has 2 aromatic rings. The second kappa shape index (κ2) is 5.83. The summed E-state index contributed by atoms with van der Waals surface area (Å²) in [5.74, 6) is -0.276. The van der Waals surface area contributed by atoms with Crippen LogP contribution in [0, 0.1) is 24.0 Å². The Bertz CT molecular complexity index is 713. The Morgan fingerprint density at radius 3 is 2.67 bits per heavy atom. The molecule has 0 aliphatic heterocycles. The van der Waals surface area contributed by atoms with Gasteiger partial charge in [-0.2, -0.15) is 0 Å². The molecule has 2 rings (SSSR count). The molecule has 9 heteroatoms. The minimum Gasteiger partial charge on any atom is -0.490 e. The van der Waals surface area contributed by atoms with Gasteiger partial charge >= 0.3 is 5.69 Å². The van der Waals surface area contributed by atoms with Gasteiger partial charge in [-0.1, -0.05) is 4.49 Å². The first-order valence-electron chi connectivity index (χ1n) is 5.87. The van der Waals surface area contributed by atoms with Crippen molar-refractivity contribution in [2.24, 2.45) is 0 Å². The van der Waals surface area contributed by atoms with Crippen LogP contribution in [-0.2, 0) is 0 Å². The van der Waals surface area contributed by atoms with Gasteiger partial charge in [0.2, 0.25) is 0 Å². The third-order valence-electron chi connectivity index (χ3n) is 2.83. The molecule has 0 aliphatic carbocycles. The van der Waals surface area contributed by atoms with E-state index in [2.05, 4.69) is 14.9 Å². The van der Waals surface area contributed by atoms with E-state index in [1.165, 1.54) is 19.2 Å². The monoisotopic (exact) mass is 308 g/mol. The van der Waals surface area contributed by atoms with Crippen LogP contribution in [0.15, 0.2) is 12.1 Å². The molecule has 0 aliphatic rings. The largest absolute Gasteiger partial charge is 0.490 e. The van der Waals surface area contributed by atoms with E-state index in [-0.39, 0.29) is 17.3 Å². The SMILES string of the molecule is COc1cc(NC(=O)c2snnc2C)c(C)cc1[N+](=O)[O-]. The van der Waals surface area contributed by atoms with E-state index in [4.69, 9.17) is 4.74 Å². The van der Waals surface area contributed by atoms with Gasteiger partial charge in [0.1, 0.15) is 4.88 Å². The van der Waals surface area contributed by atoms with Crippen LogP contribution in [0.3, 0.4) is 0 Å². The maximum Gasteiger partial charge on any atom is 0.311 e. The smallest absolute Gasteiger partial charge is 0.311 e. The standard InChI is InChI=1S/C12H12N4O4S/c1-6-4-9(16(18)19)10(20-3)5-8(6)13-12(17)11-7(2)14-15-21-11/h4-5H,1-3H3,(H,13,17). The number of amides is 1. The van der Waals surface area contributed by atoms with Gasteiger partial charge in [-0.25, -0.2) is 0 Å². The summed E-state index contributed by atoms with van der Waals surface area (Å²) in [6, 6.07) is 2.78. The molecule has 0 unspecified atom stereocenters. The number of nitrogens with zero attached hydrogens (tertiary/aromatic N) is 3. The third-order valence-corrected chi connectivity index (χ3v) is 3.66. The van der Waals surface area contributed by atoms with E-state index in [1.54, 1.807) is 13.8 Å². The lowest BCUT2D eigenvalue weighted by molar-refractivity contribution is -0.385. The molecule has 0 saturated carbocycles. The van der Waals surface area contributed by atoms with Crippen molar-refractivity contribution in [2.45, 2.75) is 13.8 Å². The first-order chi connectivity index (χ1) is 9.93. The molecular weight excluding hydrogens is 296 g/mol. The molecule has 0 fully saturated rings. The van der Waals surface area contributed by atoms with Crippen molar-refractivity contribution in [3.63, 3.8) is 0 Å². The van der Waals surface area contributed by atoms with Gasteiger partial charge in [-0.15, -0.1) is 5.10 Å². The molecule has 1 aromatic heterocycles. The number of nitro benzene ring substituents is 1. The molecule has 0 spiro atoms. The van der Waals surface area contributed by atoms with Gasteiger partial charge < -0.3 is 10.1 Å². The molecular formula is C12H12N4O4S. The topological polar surface area (TPSA) is 107 Å². The Morgan fingerprint density at radius 2 is 2.14 bits per heavy atom. The number of ether oxygens (including phenoxy) is 1. The molecule has 1 heterocycles. The van der Waals surface area contributed by atoms with Crippen LogP contribution in [0.2, 0.25) is 0 Å². The van der Waals surface area contributed by atoms with Crippen molar-refractivity contribution >= 4 is 28.8 Å². The van der Waals surface area contributed by atoms with Crippen molar-refractivity contribution in [3.8, 4) is 5.75 Å². The number of hydrogen-bond acceptors (Lipinski definition) is 7. The van der Waals surface area contributed by atoms with Crippen LogP contribution in [0.5, 0.6) is 5.75 Å². The summed E-state index contributed by atoms with van der Waals surface area (Å²) < 4.78 is 8.68. The predicted octanol–water partition coefficient (Wildman–Crippen LogP) is 2.32. The normalized spacial score (nSPS) is 10.2. The van der Waals surface area contributed by atoms with Crippen molar-refractivity contribution in [1.82, 2.24) is 9.59 Å². The van der Waals surface area contributed by atoms with Gasteiger partial charge in [-0.05, 0) is 30.9 Å². The lowest BCUT2D eigenvalue weighted by atomic mass is 10.1. The number of nitro groups is 1. The van der Waals surface area contributed by atoms with E-state index < -0.39 is 4.92 Å². The number of hydrogen-bond donors (Lipinski definition) is 1. The minimum atomic E-state index is -0.533. The van der Waals surface area contributed by atoms with Gasteiger partial charge in [0.15, 0.2) is 5.75 Å². The number of aryl methyl sites for hydroxylation is 2. The number of nitrogens with one attached hydrogen (secondary N) is 1. The molecule has 21 heavy (non-hydrogen) atoms. The maximum absolute atomic E-state index is 12.1. The molecule has 8 nitrogen and oxygen atoms in total. The Kier molecular flexibility index (Phi) is 4.13. The number of carbonyl (C=O) groups excluding carboxylic acids is 1. The van der Waals surface area contributed by atoms with Crippen LogP contribution in [0.4, 0.5) is 11.4 Å². The average molecular weight is 308 g/mol. The molecule has 0 bridgehead atoms. The van der Waals surface area contributed by atoms with Crippen molar-refractivity contribution < 1.29 is 14.5 Å². The van der Waals surface area contributed by atoms with Gasteiger partial charge in [0.05, 0.1) is 17.7 Å². The summed E-state index contributed by atoms with van der Waals surface area (Å²) in [6.45, 7) is 3.35. The molecule has 0 atom stereocenters. The zero-order valence-corrected chi connectivity index (χ0v) is 12.4. The Balaban J connectivity index is 2.35. The van der Waals surface area contributed by atoms with Gasteiger partial charge in [-0.3, -0.25) is 14.9 Å². The number of aromatic nitrogens is 2. The quantitative estimate of drug-likeness (QED) is 0.686. The molecule has 1 N–H and O–H groups in total. The lowest BCUT2D eigenvalue weighted by Crippen LogP contribution is -2.13. The number of carbonyl (C=O) groups is 1. The van der Waals surface area contributed by atoms with Crippen LogP contribution in [-0.4, -0.2) is 27.5 Å². The Labute approximate surface area is 124 Å². The van der Waals surface area contributed by atoms with Crippen LogP contribution < -0.4 is 10.1 Å². The summed E-state index contributed by atoms with van der Waals surface area (Å²) in [6.07, 6.45) is 0. The summed E-state index contributed by atoms with van der Waals surface area (Å²) >= 11 is 0.988. The Morgan fingerprint density at radius 1 is 1.43 bits per heavy atom. The number of methoxy groups -OCH3 is 1. The van der Waals surface area contributed by atoms with Gasteiger partial charge in [0.25, 0.3) is 5.91 Å². The zero-order valence-electron chi connectivity index (χ0n) is 11.5. The molecule has 1 amide bonds. The van der Waals surface area contributed by atoms with E-state index >= 15 is 0 Å². The van der Waals surface area contributed by atoms with E-state index in [0.717, 1.165) is 11.5 Å². The zero-order chi connectivity index (χ0) is 15.6. The number of rotatable bonds is 4. The summed E-state index contributed by atoms with van der Waals surface area (Å²) in [7, 11) is 1.33. The molecule has 0 radical (unpaired) electrons. The van der Waals surface area contributed by atoms with E-state index in [9.17, 15) is 14.9 Å². The summed E-state index contributed by atoms with van der Waals surface area (Å²) in [5.41, 5.74) is 1.38. The molecule has 1 aromatic carbocycles. The van der Waals surface area contributed by atoms with Crippen molar-refractivity contribution in [1.29, 1.82) is 0 Å². The highest BCUT2D eigenvalue weighted by Crippen LogP contribution is 2.33. The van der Waals surface area contributed by atoms with Crippen molar-refractivity contribution in [3.05, 3.63) is 38.4 Å². The highest BCUT2D eigenvalue weighted by atomic mass is 32.1.